The van der Waals surface area contributed by atoms with Gasteiger partial charge in [-0.2, -0.15) is 4.98 Å². The lowest BCUT2D eigenvalue weighted by Crippen LogP contribution is -2.43. The Labute approximate surface area is 117 Å². The molecule has 1 saturated heterocycles. The number of aromatic nitrogens is 2. The van der Waals surface area contributed by atoms with Crippen molar-refractivity contribution in [2.45, 2.75) is 51.2 Å². The van der Waals surface area contributed by atoms with E-state index in [0.717, 1.165) is 31.9 Å². The molecule has 4 nitrogen and oxygen atoms in total. The van der Waals surface area contributed by atoms with Crippen molar-refractivity contribution >= 4 is 17.4 Å². The lowest BCUT2D eigenvalue weighted by molar-refractivity contribution is -0.0865. The highest BCUT2D eigenvalue weighted by molar-refractivity contribution is 6.28. The highest BCUT2D eigenvalue weighted by atomic mass is 35.5. The second kappa shape index (κ2) is 6.01. The molecule has 0 saturated carbocycles. The zero-order chi connectivity index (χ0) is 13.9. The summed E-state index contributed by atoms with van der Waals surface area (Å²) in [6.45, 7) is 4.92. The van der Waals surface area contributed by atoms with Crippen LogP contribution >= 0.6 is 11.6 Å². The Hall–Kier alpha value is -0.940. The number of nitrogens with one attached hydrogen (secondary N) is 1. The van der Waals surface area contributed by atoms with Crippen molar-refractivity contribution in [2.24, 2.45) is 0 Å². The molecule has 1 N–H and O–H groups in total. The molecule has 106 valence electrons. The first-order valence-electron chi connectivity index (χ1n) is 6.67. The summed E-state index contributed by atoms with van der Waals surface area (Å²) in [6, 6.07) is 0.147. The summed E-state index contributed by atoms with van der Waals surface area (Å²) in [5.41, 5.74) is -0.108. The van der Waals surface area contributed by atoms with Crippen molar-refractivity contribution in [1.29, 1.82) is 0 Å². The Morgan fingerprint density at radius 3 is 2.95 bits per heavy atom. The smallest absolute Gasteiger partial charge is 0.224 e. The molecular formula is C13H19ClFN3O. The minimum atomic E-state index is -0.477. The summed E-state index contributed by atoms with van der Waals surface area (Å²) in [7, 11) is 0. The normalized spacial score (nSPS) is 22.2. The molecule has 0 aliphatic carbocycles. The third-order valence-electron chi connectivity index (χ3n) is 3.84. The summed E-state index contributed by atoms with van der Waals surface area (Å²) in [5, 5.41) is 3.17. The summed E-state index contributed by atoms with van der Waals surface area (Å²) in [4.78, 5) is 7.50. The van der Waals surface area contributed by atoms with Crippen LogP contribution in [0.25, 0.3) is 0 Å². The molecule has 19 heavy (non-hydrogen) atoms. The van der Waals surface area contributed by atoms with Gasteiger partial charge in [0.25, 0.3) is 0 Å². The lowest BCUT2D eigenvalue weighted by atomic mass is 9.86. The van der Waals surface area contributed by atoms with Gasteiger partial charge in [0, 0.05) is 12.6 Å². The molecule has 1 fully saturated rings. The van der Waals surface area contributed by atoms with Crippen molar-refractivity contribution in [2.75, 3.05) is 11.9 Å². The van der Waals surface area contributed by atoms with Gasteiger partial charge in [0.05, 0.1) is 11.8 Å². The van der Waals surface area contributed by atoms with E-state index in [1.807, 2.05) is 0 Å². The first-order valence-corrected chi connectivity index (χ1v) is 7.05. The van der Waals surface area contributed by atoms with E-state index in [1.165, 1.54) is 0 Å². The van der Waals surface area contributed by atoms with Crippen LogP contribution in [0.1, 0.15) is 39.5 Å². The molecule has 1 atom stereocenters. The molecule has 0 amide bonds. The highest BCUT2D eigenvalue weighted by Crippen LogP contribution is 2.32. The molecular weight excluding hydrogens is 269 g/mol. The van der Waals surface area contributed by atoms with Crippen LogP contribution in [-0.4, -0.2) is 28.2 Å². The van der Waals surface area contributed by atoms with Gasteiger partial charge in [-0.15, -0.1) is 0 Å². The van der Waals surface area contributed by atoms with Crippen LogP contribution < -0.4 is 5.32 Å². The second-order valence-corrected chi connectivity index (χ2v) is 5.25. The summed E-state index contributed by atoms with van der Waals surface area (Å²) < 4.78 is 19.5. The number of ether oxygens (including phenoxy) is 1. The Bertz CT molecular complexity index is 440. The number of rotatable bonds is 4. The van der Waals surface area contributed by atoms with E-state index in [1.54, 1.807) is 0 Å². The molecule has 1 aromatic rings. The maximum absolute atomic E-state index is 13.6. The first kappa shape index (κ1) is 14.5. The molecule has 2 rings (SSSR count). The monoisotopic (exact) mass is 287 g/mol. The van der Waals surface area contributed by atoms with Crippen LogP contribution in [0.15, 0.2) is 6.20 Å². The minimum Gasteiger partial charge on any atom is -0.375 e. The summed E-state index contributed by atoms with van der Waals surface area (Å²) in [5.74, 6) is -0.303. The van der Waals surface area contributed by atoms with Gasteiger partial charge in [0.1, 0.15) is 0 Å². The van der Waals surface area contributed by atoms with Gasteiger partial charge < -0.3 is 10.1 Å². The van der Waals surface area contributed by atoms with Crippen molar-refractivity contribution in [3.05, 3.63) is 17.3 Å². The maximum atomic E-state index is 13.6. The average molecular weight is 288 g/mol. The lowest BCUT2D eigenvalue weighted by Gasteiger charge is -2.40. The van der Waals surface area contributed by atoms with Gasteiger partial charge in [0.2, 0.25) is 5.28 Å². The third kappa shape index (κ3) is 3.34. The summed E-state index contributed by atoms with van der Waals surface area (Å²) in [6.07, 6.45) is 4.68. The van der Waals surface area contributed by atoms with Crippen LogP contribution in [0.3, 0.4) is 0 Å². The third-order valence-corrected chi connectivity index (χ3v) is 4.02. The predicted octanol–water partition coefficient (Wildman–Crippen LogP) is 3.42. The maximum Gasteiger partial charge on any atom is 0.224 e. The van der Waals surface area contributed by atoms with E-state index >= 15 is 0 Å². The second-order valence-electron chi connectivity index (χ2n) is 4.91. The quantitative estimate of drug-likeness (QED) is 0.862. The number of nitrogens with zero attached hydrogens (tertiary/aromatic N) is 2. The molecule has 2 heterocycles. The van der Waals surface area contributed by atoms with Gasteiger partial charge in [-0.05, 0) is 37.3 Å². The van der Waals surface area contributed by atoms with Crippen molar-refractivity contribution in [3.63, 3.8) is 0 Å². The van der Waals surface area contributed by atoms with Crippen LogP contribution in [0.2, 0.25) is 5.28 Å². The Balaban J connectivity index is 2.08. The minimum absolute atomic E-state index is 0.0493. The average Bonchev–Trinajstić information content (AvgIpc) is 2.43. The number of hydrogen-bond acceptors (Lipinski definition) is 4. The first-order chi connectivity index (χ1) is 9.08. The van der Waals surface area contributed by atoms with Crippen molar-refractivity contribution in [1.82, 2.24) is 9.97 Å². The van der Waals surface area contributed by atoms with Crippen molar-refractivity contribution in [3.8, 4) is 0 Å². The van der Waals surface area contributed by atoms with E-state index in [2.05, 4.69) is 29.1 Å². The molecule has 0 spiro atoms. The van der Waals surface area contributed by atoms with Gasteiger partial charge in [-0.3, -0.25) is 0 Å². The van der Waals surface area contributed by atoms with Gasteiger partial charge >= 0.3 is 0 Å². The van der Waals surface area contributed by atoms with Gasteiger partial charge in [0.15, 0.2) is 11.6 Å². The molecule has 0 bridgehead atoms. The Morgan fingerprint density at radius 2 is 2.26 bits per heavy atom. The largest absolute Gasteiger partial charge is 0.375 e. The molecule has 0 radical (unpaired) electrons. The van der Waals surface area contributed by atoms with Crippen molar-refractivity contribution < 1.29 is 9.13 Å². The highest BCUT2D eigenvalue weighted by Gasteiger charge is 2.34. The topological polar surface area (TPSA) is 47.0 Å². The fourth-order valence-electron chi connectivity index (χ4n) is 2.53. The number of anilines is 1. The molecule has 0 aromatic carbocycles. The van der Waals surface area contributed by atoms with Crippen LogP contribution in [0, 0.1) is 5.82 Å². The number of hydrogen-bond donors (Lipinski definition) is 1. The van der Waals surface area contributed by atoms with E-state index < -0.39 is 5.82 Å². The van der Waals surface area contributed by atoms with Crippen LogP contribution in [0.5, 0.6) is 0 Å². The molecule has 1 aromatic heterocycles. The van der Waals surface area contributed by atoms with Crippen LogP contribution in [-0.2, 0) is 4.74 Å². The number of halogens is 2. The van der Waals surface area contributed by atoms with E-state index in [9.17, 15) is 4.39 Å². The molecule has 1 unspecified atom stereocenters. The summed E-state index contributed by atoms with van der Waals surface area (Å²) >= 11 is 5.69. The van der Waals surface area contributed by atoms with E-state index in [4.69, 9.17) is 16.3 Å². The molecule has 1 aliphatic rings. The zero-order valence-electron chi connectivity index (χ0n) is 11.2. The SMILES string of the molecule is CCC1(CC)CC(Nc2nc(Cl)ncc2F)CCO1. The fraction of sp³-hybridized carbons (Fsp3) is 0.692. The molecule has 1 aliphatic heterocycles. The van der Waals surface area contributed by atoms with Crippen LogP contribution in [0.4, 0.5) is 10.2 Å². The Kier molecular flexibility index (Phi) is 4.58. The predicted molar refractivity (Wildman–Crippen MR) is 72.9 cm³/mol. The van der Waals surface area contributed by atoms with E-state index in [-0.39, 0.29) is 22.7 Å². The standard InChI is InChI=1S/C13H19ClFN3O/c1-3-13(4-2)7-9(5-6-19-13)17-11-10(15)8-16-12(14)18-11/h8-9H,3-7H2,1-2H3,(H,16,17,18). The molecule has 6 heteroatoms. The fourth-order valence-corrected chi connectivity index (χ4v) is 2.67. The van der Waals surface area contributed by atoms with Gasteiger partial charge in [-0.25, -0.2) is 9.37 Å². The van der Waals surface area contributed by atoms with E-state index in [0.29, 0.717) is 6.61 Å². The zero-order valence-corrected chi connectivity index (χ0v) is 12.0. The van der Waals surface area contributed by atoms with Gasteiger partial charge in [-0.1, -0.05) is 13.8 Å². The Morgan fingerprint density at radius 1 is 1.53 bits per heavy atom.